The Kier molecular flexibility index (Phi) is 4.84. The molecule has 26 heavy (non-hydrogen) atoms. The zero-order valence-electron chi connectivity index (χ0n) is 14.2. The number of pyridine rings is 2. The van der Waals surface area contributed by atoms with E-state index < -0.39 is 0 Å². The van der Waals surface area contributed by atoms with Crippen LogP contribution in [0.25, 0.3) is 0 Å². The molecule has 3 aromatic rings. The smallest absolute Gasteiger partial charge is 0.167 e. The number of hydrogen-bond acceptors (Lipinski definition) is 4. The second kappa shape index (κ2) is 7.41. The minimum absolute atomic E-state index is 0.222. The van der Waals surface area contributed by atoms with Crippen LogP contribution in [0.2, 0.25) is 5.02 Å². The quantitative estimate of drug-likeness (QED) is 0.697. The Morgan fingerprint density at radius 1 is 1.19 bits per heavy atom. The van der Waals surface area contributed by atoms with E-state index in [2.05, 4.69) is 19.5 Å². The molecule has 0 aliphatic carbocycles. The zero-order valence-corrected chi connectivity index (χ0v) is 15.0. The van der Waals surface area contributed by atoms with Gasteiger partial charge in [0.1, 0.15) is 5.82 Å². The summed E-state index contributed by atoms with van der Waals surface area (Å²) in [6.07, 6.45) is 9.06. The van der Waals surface area contributed by atoms with E-state index in [1.807, 2.05) is 35.5 Å². The van der Waals surface area contributed by atoms with E-state index in [-0.39, 0.29) is 11.7 Å². The molecule has 0 N–H and O–H groups in total. The highest BCUT2D eigenvalue weighted by Crippen LogP contribution is 2.30. The van der Waals surface area contributed by atoms with Crippen LogP contribution in [-0.4, -0.2) is 32.6 Å². The number of aromatic nitrogens is 4. The van der Waals surface area contributed by atoms with Gasteiger partial charge in [-0.1, -0.05) is 17.7 Å². The molecule has 0 saturated carbocycles. The molecule has 134 valence electrons. The predicted octanol–water partition coefficient (Wildman–Crippen LogP) is 3.90. The molecule has 5 nitrogen and oxygen atoms in total. The summed E-state index contributed by atoms with van der Waals surface area (Å²) >= 11 is 5.82. The van der Waals surface area contributed by atoms with E-state index in [4.69, 9.17) is 11.6 Å². The summed E-state index contributed by atoms with van der Waals surface area (Å²) in [6.45, 7) is 2.15. The molecule has 3 aromatic heterocycles. The van der Waals surface area contributed by atoms with Crippen LogP contribution >= 0.6 is 11.6 Å². The summed E-state index contributed by atoms with van der Waals surface area (Å²) in [4.78, 5) is 15.1. The standard InChI is InChI=1S/C19H19ClFN5/c20-15-10-17(21)19(24-11-15)25-8-3-4-14(12-25)18-23-7-9-26(18)13-16-5-1-2-6-22-16/h1-2,5-7,9-11,14H,3-4,8,12-13H2/t14-/m0/s1. The van der Waals surface area contributed by atoms with E-state index in [1.54, 1.807) is 6.20 Å². The van der Waals surface area contributed by atoms with Gasteiger partial charge in [-0.15, -0.1) is 0 Å². The highest BCUT2D eigenvalue weighted by atomic mass is 35.5. The molecule has 0 spiro atoms. The van der Waals surface area contributed by atoms with Gasteiger partial charge in [0.05, 0.1) is 17.3 Å². The lowest BCUT2D eigenvalue weighted by molar-refractivity contribution is 0.467. The number of anilines is 1. The summed E-state index contributed by atoms with van der Waals surface area (Å²) in [5, 5.41) is 0.311. The van der Waals surface area contributed by atoms with Crippen LogP contribution in [0, 0.1) is 5.82 Å². The molecule has 0 aromatic carbocycles. The topological polar surface area (TPSA) is 46.8 Å². The van der Waals surface area contributed by atoms with Crippen LogP contribution in [0.5, 0.6) is 0 Å². The van der Waals surface area contributed by atoms with Gasteiger partial charge < -0.3 is 9.47 Å². The van der Waals surface area contributed by atoms with Gasteiger partial charge >= 0.3 is 0 Å². The first kappa shape index (κ1) is 17.0. The summed E-state index contributed by atoms with van der Waals surface area (Å²) in [5.41, 5.74) is 0.991. The fraction of sp³-hybridized carbons (Fsp3) is 0.316. The Bertz CT molecular complexity index is 883. The first-order valence-electron chi connectivity index (χ1n) is 8.67. The van der Waals surface area contributed by atoms with Crippen molar-refractivity contribution in [3.8, 4) is 0 Å². The minimum atomic E-state index is -0.380. The lowest BCUT2D eigenvalue weighted by Gasteiger charge is -2.33. The lowest BCUT2D eigenvalue weighted by Crippen LogP contribution is -2.36. The van der Waals surface area contributed by atoms with Crippen molar-refractivity contribution in [1.29, 1.82) is 0 Å². The molecule has 1 aliphatic rings. The van der Waals surface area contributed by atoms with Crippen LogP contribution < -0.4 is 4.90 Å². The average molecular weight is 372 g/mol. The Balaban J connectivity index is 1.54. The maximum atomic E-state index is 14.3. The average Bonchev–Trinajstić information content (AvgIpc) is 3.11. The van der Waals surface area contributed by atoms with Crippen molar-refractivity contribution >= 4 is 17.4 Å². The van der Waals surface area contributed by atoms with E-state index in [0.717, 1.165) is 30.9 Å². The van der Waals surface area contributed by atoms with Crippen LogP contribution in [0.3, 0.4) is 0 Å². The SMILES string of the molecule is Fc1cc(Cl)cnc1N1CCC[C@H](c2nccn2Cc2ccccn2)C1. The monoisotopic (exact) mass is 371 g/mol. The van der Waals surface area contributed by atoms with Crippen molar-refractivity contribution in [1.82, 2.24) is 19.5 Å². The maximum absolute atomic E-state index is 14.3. The van der Waals surface area contributed by atoms with Crippen LogP contribution in [0.15, 0.2) is 49.1 Å². The number of hydrogen-bond donors (Lipinski definition) is 0. The van der Waals surface area contributed by atoms with E-state index in [1.165, 1.54) is 12.3 Å². The highest BCUT2D eigenvalue weighted by Gasteiger charge is 2.27. The molecule has 1 fully saturated rings. The lowest BCUT2D eigenvalue weighted by atomic mass is 9.97. The Morgan fingerprint density at radius 3 is 2.92 bits per heavy atom. The fourth-order valence-electron chi connectivity index (χ4n) is 3.50. The number of imidazole rings is 1. The molecule has 0 amide bonds. The number of halogens is 2. The van der Waals surface area contributed by atoms with E-state index in [0.29, 0.717) is 23.9 Å². The van der Waals surface area contributed by atoms with Crippen molar-refractivity contribution < 1.29 is 4.39 Å². The summed E-state index contributed by atoms with van der Waals surface area (Å²) < 4.78 is 16.4. The Labute approximate surface area is 156 Å². The first-order valence-corrected chi connectivity index (χ1v) is 9.05. The fourth-order valence-corrected chi connectivity index (χ4v) is 3.65. The molecule has 4 rings (SSSR count). The molecule has 7 heteroatoms. The Hall–Kier alpha value is -2.47. The third-order valence-electron chi connectivity index (χ3n) is 4.68. The molecular formula is C19H19ClFN5. The molecule has 4 heterocycles. The number of rotatable bonds is 4. The van der Waals surface area contributed by atoms with Gasteiger partial charge in [0.2, 0.25) is 0 Å². The predicted molar refractivity (Wildman–Crippen MR) is 99.0 cm³/mol. The summed E-state index contributed by atoms with van der Waals surface area (Å²) in [7, 11) is 0. The van der Waals surface area contributed by atoms with Gasteiger partial charge in [-0.2, -0.15) is 0 Å². The highest BCUT2D eigenvalue weighted by molar-refractivity contribution is 6.30. The van der Waals surface area contributed by atoms with Crippen LogP contribution in [0.4, 0.5) is 10.2 Å². The van der Waals surface area contributed by atoms with Crippen molar-refractivity contribution in [2.75, 3.05) is 18.0 Å². The van der Waals surface area contributed by atoms with Gasteiger partial charge in [0.25, 0.3) is 0 Å². The van der Waals surface area contributed by atoms with Crippen molar-refractivity contribution in [2.45, 2.75) is 25.3 Å². The third-order valence-corrected chi connectivity index (χ3v) is 4.89. The third kappa shape index (κ3) is 3.55. The van der Waals surface area contributed by atoms with Crippen molar-refractivity contribution in [2.24, 2.45) is 0 Å². The van der Waals surface area contributed by atoms with Gasteiger partial charge in [-0.25, -0.2) is 14.4 Å². The van der Waals surface area contributed by atoms with E-state index in [9.17, 15) is 4.39 Å². The van der Waals surface area contributed by atoms with Crippen LogP contribution in [-0.2, 0) is 6.54 Å². The molecular weight excluding hydrogens is 353 g/mol. The largest absolute Gasteiger partial charge is 0.353 e. The number of nitrogens with zero attached hydrogens (tertiary/aromatic N) is 5. The summed E-state index contributed by atoms with van der Waals surface area (Å²) in [6, 6.07) is 7.21. The zero-order chi connectivity index (χ0) is 17.9. The number of piperidine rings is 1. The van der Waals surface area contributed by atoms with Crippen molar-refractivity contribution in [3.63, 3.8) is 0 Å². The minimum Gasteiger partial charge on any atom is -0.353 e. The molecule has 1 aliphatic heterocycles. The normalized spacial score (nSPS) is 17.5. The van der Waals surface area contributed by atoms with Gasteiger partial charge in [-0.05, 0) is 31.0 Å². The molecule has 1 atom stereocenters. The van der Waals surface area contributed by atoms with Crippen molar-refractivity contribution in [3.05, 3.63) is 71.4 Å². The van der Waals surface area contributed by atoms with Crippen LogP contribution in [0.1, 0.15) is 30.3 Å². The first-order chi connectivity index (χ1) is 12.7. The van der Waals surface area contributed by atoms with Gasteiger partial charge in [-0.3, -0.25) is 4.98 Å². The molecule has 0 bridgehead atoms. The Morgan fingerprint density at radius 2 is 2.12 bits per heavy atom. The maximum Gasteiger partial charge on any atom is 0.167 e. The second-order valence-electron chi connectivity index (χ2n) is 6.48. The van der Waals surface area contributed by atoms with Gasteiger partial charge in [0, 0.05) is 43.8 Å². The van der Waals surface area contributed by atoms with E-state index >= 15 is 0 Å². The second-order valence-corrected chi connectivity index (χ2v) is 6.91. The molecule has 0 radical (unpaired) electrons. The summed E-state index contributed by atoms with van der Waals surface area (Å²) in [5.74, 6) is 1.21. The van der Waals surface area contributed by atoms with Gasteiger partial charge in [0.15, 0.2) is 11.6 Å². The molecule has 1 saturated heterocycles. The molecule has 0 unspecified atom stereocenters.